The van der Waals surface area contributed by atoms with Gasteiger partial charge in [-0.1, -0.05) is 30.3 Å². The van der Waals surface area contributed by atoms with Gasteiger partial charge in [-0.15, -0.1) is 0 Å². The second-order valence-electron chi connectivity index (χ2n) is 3.24. The van der Waals surface area contributed by atoms with Crippen LogP contribution >= 0.6 is 0 Å². The minimum absolute atomic E-state index is 0.294. The van der Waals surface area contributed by atoms with Crippen molar-refractivity contribution in [2.24, 2.45) is 0 Å². The molecule has 1 aromatic carbocycles. The molecular weight excluding hydrogens is 196 g/mol. The fraction of sp³-hybridized carbons (Fsp3) is 0.273. The molecule has 4 nitrogen and oxygen atoms in total. The molecule has 0 saturated carbocycles. The lowest BCUT2D eigenvalue weighted by molar-refractivity contribution is -0.152. The van der Waals surface area contributed by atoms with E-state index in [-0.39, 0.29) is 6.10 Å². The predicted molar refractivity (Wildman–Crippen MR) is 51.1 cm³/mol. The molecule has 0 bridgehead atoms. The number of Topliss-reactive ketones (excluding diaryl/α,β-unsaturated/α-hetero) is 1. The Labute approximate surface area is 86.8 Å². The summed E-state index contributed by atoms with van der Waals surface area (Å²) >= 11 is 0. The van der Waals surface area contributed by atoms with Crippen molar-refractivity contribution in [3.63, 3.8) is 0 Å². The van der Waals surface area contributed by atoms with Crippen molar-refractivity contribution >= 4 is 11.8 Å². The van der Waals surface area contributed by atoms with Gasteiger partial charge in [-0.25, -0.2) is 4.79 Å². The van der Waals surface area contributed by atoms with E-state index < -0.39 is 17.9 Å². The average Bonchev–Trinajstić information content (AvgIpc) is 3.08. The number of methoxy groups -OCH3 is 1. The van der Waals surface area contributed by atoms with Crippen molar-refractivity contribution in [1.82, 2.24) is 0 Å². The minimum Gasteiger partial charge on any atom is -0.463 e. The smallest absolute Gasteiger partial charge is 0.377 e. The topological polar surface area (TPSA) is 55.9 Å². The third-order valence-electron chi connectivity index (χ3n) is 2.26. The van der Waals surface area contributed by atoms with Gasteiger partial charge in [0.05, 0.1) is 7.11 Å². The summed E-state index contributed by atoms with van der Waals surface area (Å²) in [7, 11) is 1.18. The Morgan fingerprint density at radius 1 is 1.27 bits per heavy atom. The van der Waals surface area contributed by atoms with Crippen LogP contribution in [0.3, 0.4) is 0 Å². The van der Waals surface area contributed by atoms with Crippen molar-refractivity contribution in [2.45, 2.75) is 12.2 Å². The van der Waals surface area contributed by atoms with Crippen LogP contribution in [-0.4, -0.2) is 25.0 Å². The Morgan fingerprint density at radius 3 is 2.53 bits per heavy atom. The number of esters is 1. The summed E-state index contributed by atoms with van der Waals surface area (Å²) in [5.41, 5.74) is 0.903. The van der Waals surface area contributed by atoms with Gasteiger partial charge in [0.2, 0.25) is 0 Å². The van der Waals surface area contributed by atoms with Crippen molar-refractivity contribution in [3.05, 3.63) is 35.9 Å². The molecule has 1 aliphatic rings. The first-order chi connectivity index (χ1) is 7.24. The van der Waals surface area contributed by atoms with Gasteiger partial charge in [-0.05, 0) is 5.56 Å². The van der Waals surface area contributed by atoms with E-state index in [0.717, 1.165) is 5.56 Å². The van der Waals surface area contributed by atoms with E-state index in [1.165, 1.54) is 7.11 Å². The fourth-order valence-corrected chi connectivity index (χ4v) is 1.42. The average molecular weight is 206 g/mol. The molecular formula is C11H10O4. The first-order valence-corrected chi connectivity index (χ1v) is 4.56. The molecule has 2 atom stereocenters. The maximum absolute atomic E-state index is 11.3. The van der Waals surface area contributed by atoms with E-state index in [0.29, 0.717) is 0 Å². The van der Waals surface area contributed by atoms with Crippen molar-refractivity contribution in [2.75, 3.05) is 7.11 Å². The van der Waals surface area contributed by atoms with Crippen LogP contribution in [0.2, 0.25) is 0 Å². The Kier molecular flexibility index (Phi) is 2.51. The highest BCUT2D eigenvalue weighted by molar-refractivity contribution is 6.36. The molecule has 0 amide bonds. The molecule has 0 spiro atoms. The number of hydrogen-bond acceptors (Lipinski definition) is 4. The number of carbonyl (C=O) groups excluding carboxylic acids is 2. The van der Waals surface area contributed by atoms with Crippen LogP contribution < -0.4 is 0 Å². The van der Waals surface area contributed by atoms with Gasteiger partial charge in [0, 0.05) is 0 Å². The van der Waals surface area contributed by atoms with Gasteiger partial charge >= 0.3 is 5.97 Å². The van der Waals surface area contributed by atoms with Gasteiger partial charge < -0.3 is 9.47 Å². The molecule has 0 aromatic heterocycles. The quantitative estimate of drug-likeness (QED) is 0.418. The largest absolute Gasteiger partial charge is 0.463 e. The second kappa shape index (κ2) is 3.82. The molecule has 0 unspecified atom stereocenters. The van der Waals surface area contributed by atoms with Crippen LogP contribution in [0.4, 0.5) is 0 Å². The maximum Gasteiger partial charge on any atom is 0.377 e. The van der Waals surface area contributed by atoms with E-state index in [9.17, 15) is 9.59 Å². The zero-order valence-electron chi connectivity index (χ0n) is 8.17. The van der Waals surface area contributed by atoms with E-state index >= 15 is 0 Å². The number of epoxide rings is 1. The number of hydrogen-bond donors (Lipinski definition) is 0. The summed E-state index contributed by atoms with van der Waals surface area (Å²) in [6.07, 6.45) is -0.961. The Bertz CT molecular complexity index is 385. The summed E-state index contributed by atoms with van der Waals surface area (Å²) in [4.78, 5) is 22.2. The van der Waals surface area contributed by atoms with Gasteiger partial charge in [-0.2, -0.15) is 0 Å². The number of ether oxygens (including phenoxy) is 2. The molecule has 2 rings (SSSR count). The fourth-order valence-electron chi connectivity index (χ4n) is 1.42. The van der Waals surface area contributed by atoms with Crippen LogP contribution in [0, 0.1) is 0 Å². The van der Waals surface area contributed by atoms with Crippen LogP contribution in [0.15, 0.2) is 30.3 Å². The Hall–Kier alpha value is -1.68. The van der Waals surface area contributed by atoms with Crippen LogP contribution in [0.5, 0.6) is 0 Å². The molecule has 0 radical (unpaired) electrons. The summed E-state index contributed by atoms with van der Waals surface area (Å²) in [6.45, 7) is 0. The number of benzene rings is 1. The molecule has 1 saturated heterocycles. The number of carbonyl (C=O) groups is 2. The van der Waals surface area contributed by atoms with Crippen LogP contribution in [-0.2, 0) is 19.1 Å². The Morgan fingerprint density at radius 2 is 1.93 bits per heavy atom. The SMILES string of the molecule is COC(=O)C(=O)[C@H]1O[C@@H]1c1ccccc1. The monoisotopic (exact) mass is 206 g/mol. The van der Waals surface area contributed by atoms with Crippen molar-refractivity contribution < 1.29 is 19.1 Å². The lowest BCUT2D eigenvalue weighted by Gasteiger charge is -1.94. The minimum atomic E-state index is -0.849. The summed E-state index contributed by atoms with van der Waals surface area (Å²) in [5, 5.41) is 0. The first-order valence-electron chi connectivity index (χ1n) is 4.56. The Balaban J connectivity index is 2.03. The van der Waals surface area contributed by atoms with Gasteiger partial charge in [0.15, 0.2) is 6.10 Å². The van der Waals surface area contributed by atoms with Crippen LogP contribution in [0.25, 0.3) is 0 Å². The molecule has 4 heteroatoms. The molecule has 1 aliphatic heterocycles. The standard InChI is InChI=1S/C11H10O4/c1-14-11(13)8(12)10-9(15-10)7-5-3-2-4-6-7/h2-6,9-10H,1H3/t9-,10-/m1/s1. The molecule has 0 aliphatic carbocycles. The number of ketones is 1. The van der Waals surface area contributed by atoms with E-state index in [1.807, 2.05) is 30.3 Å². The lowest BCUT2D eigenvalue weighted by Crippen LogP contribution is -2.21. The molecule has 1 aromatic rings. The highest BCUT2D eigenvalue weighted by atomic mass is 16.6. The van der Waals surface area contributed by atoms with Crippen LogP contribution in [0.1, 0.15) is 11.7 Å². The molecule has 1 fully saturated rings. The molecule has 78 valence electrons. The summed E-state index contributed by atoms with van der Waals surface area (Å²) in [6, 6.07) is 9.31. The highest BCUT2D eigenvalue weighted by Gasteiger charge is 2.48. The molecule has 1 heterocycles. The van der Waals surface area contributed by atoms with Crippen molar-refractivity contribution in [3.8, 4) is 0 Å². The predicted octanol–water partition coefficient (Wildman–Crippen LogP) is 0.869. The number of rotatable bonds is 3. The second-order valence-corrected chi connectivity index (χ2v) is 3.24. The van der Waals surface area contributed by atoms with Crippen molar-refractivity contribution in [1.29, 1.82) is 0 Å². The van der Waals surface area contributed by atoms with E-state index in [4.69, 9.17) is 4.74 Å². The molecule has 15 heavy (non-hydrogen) atoms. The first kappa shape index (κ1) is 9.86. The zero-order valence-corrected chi connectivity index (χ0v) is 8.17. The van der Waals surface area contributed by atoms with Gasteiger partial charge in [0.1, 0.15) is 6.10 Å². The van der Waals surface area contributed by atoms with E-state index in [2.05, 4.69) is 4.74 Å². The summed E-state index contributed by atoms with van der Waals surface area (Å²) in [5.74, 6) is -1.47. The summed E-state index contributed by atoms with van der Waals surface area (Å²) < 4.78 is 9.47. The zero-order chi connectivity index (χ0) is 10.8. The molecule has 0 N–H and O–H groups in total. The highest BCUT2D eigenvalue weighted by Crippen LogP contribution is 2.39. The third-order valence-corrected chi connectivity index (χ3v) is 2.26. The maximum atomic E-state index is 11.3. The van der Waals surface area contributed by atoms with Gasteiger partial charge in [-0.3, -0.25) is 4.79 Å². The van der Waals surface area contributed by atoms with E-state index in [1.54, 1.807) is 0 Å². The third kappa shape index (κ3) is 1.89. The normalized spacial score (nSPS) is 23.3. The lowest BCUT2D eigenvalue weighted by atomic mass is 10.1. The van der Waals surface area contributed by atoms with Gasteiger partial charge in [0.25, 0.3) is 5.78 Å².